The normalized spacial score (nSPS) is 15.4. The summed E-state index contributed by atoms with van der Waals surface area (Å²) in [5, 5.41) is 9.80. The van der Waals surface area contributed by atoms with Crippen LogP contribution in [-0.2, 0) is 0 Å². The molecule has 1 aliphatic rings. The van der Waals surface area contributed by atoms with Crippen LogP contribution in [0.3, 0.4) is 0 Å². The van der Waals surface area contributed by atoms with Gasteiger partial charge in [0.05, 0.1) is 5.25 Å². The molecule has 26 heavy (non-hydrogen) atoms. The molecule has 4 rings (SSSR count). The van der Waals surface area contributed by atoms with Gasteiger partial charge in [0.2, 0.25) is 5.16 Å². The highest BCUT2D eigenvalue weighted by Crippen LogP contribution is 2.40. The summed E-state index contributed by atoms with van der Waals surface area (Å²) in [5.41, 5.74) is 2.48. The maximum absolute atomic E-state index is 6.41. The number of rotatable bonds is 5. The van der Waals surface area contributed by atoms with Crippen molar-refractivity contribution in [1.82, 2.24) is 14.9 Å². The quantitative estimate of drug-likeness (QED) is 0.516. The van der Waals surface area contributed by atoms with Gasteiger partial charge in [-0.3, -0.25) is 0 Å². The molecule has 3 aromatic rings. The maximum Gasteiger partial charge on any atom is 0.210 e. The highest BCUT2D eigenvalue weighted by atomic mass is 32.2. The van der Waals surface area contributed by atoms with Gasteiger partial charge in [0.15, 0.2) is 5.82 Å². The first-order valence-electron chi connectivity index (χ1n) is 9.30. The zero-order valence-electron chi connectivity index (χ0n) is 14.8. The van der Waals surface area contributed by atoms with Crippen LogP contribution in [0.15, 0.2) is 65.8 Å². The van der Waals surface area contributed by atoms with E-state index in [4.69, 9.17) is 5.84 Å². The molecule has 4 nitrogen and oxygen atoms in total. The smallest absolute Gasteiger partial charge is 0.210 e. The second-order valence-corrected chi connectivity index (χ2v) is 7.94. The summed E-state index contributed by atoms with van der Waals surface area (Å²) in [5.74, 6) is 7.79. The molecule has 1 fully saturated rings. The van der Waals surface area contributed by atoms with Gasteiger partial charge in [0, 0.05) is 5.92 Å². The Morgan fingerprint density at radius 2 is 1.42 bits per heavy atom. The number of nitrogens with zero attached hydrogens (tertiary/aromatic N) is 3. The number of thioether (sulfide) groups is 1. The summed E-state index contributed by atoms with van der Waals surface area (Å²) >= 11 is 1.67. The van der Waals surface area contributed by atoms with E-state index in [1.807, 2.05) is 12.1 Å². The lowest BCUT2D eigenvalue weighted by Gasteiger charge is -2.21. The SMILES string of the molecule is Nn1c(SC(c2ccccc2)c2ccccc2)nnc1C1CCCCC1. The van der Waals surface area contributed by atoms with Crippen LogP contribution >= 0.6 is 11.8 Å². The van der Waals surface area contributed by atoms with Crippen molar-refractivity contribution in [3.05, 3.63) is 77.6 Å². The average molecular weight is 365 g/mol. The summed E-state index contributed by atoms with van der Waals surface area (Å²) in [4.78, 5) is 0. The summed E-state index contributed by atoms with van der Waals surface area (Å²) < 4.78 is 1.72. The highest BCUT2D eigenvalue weighted by Gasteiger charge is 2.25. The molecule has 0 bridgehead atoms. The van der Waals surface area contributed by atoms with Gasteiger partial charge in [-0.2, -0.15) is 0 Å². The van der Waals surface area contributed by atoms with Gasteiger partial charge in [-0.15, -0.1) is 10.2 Å². The first-order valence-corrected chi connectivity index (χ1v) is 10.2. The molecule has 2 aromatic carbocycles. The molecule has 1 heterocycles. The van der Waals surface area contributed by atoms with Crippen molar-refractivity contribution in [1.29, 1.82) is 0 Å². The van der Waals surface area contributed by atoms with E-state index in [9.17, 15) is 0 Å². The van der Waals surface area contributed by atoms with Crippen LogP contribution in [0.1, 0.15) is 60.2 Å². The molecule has 0 atom stereocenters. The Morgan fingerprint density at radius 1 is 0.846 bits per heavy atom. The Labute approximate surface area is 158 Å². The second-order valence-electron chi connectivity index (χ2n) is 6.86. The van der Waals surface area contributed by atoms with Crippen LogP contribution < -0.4 is 5.84 Å². The van der Waals surface area contributed by atoms with Crippen molar-refractivity contribution < 1.29 is 0 Å². The van der Waals surface area contributed by atoms with Gasteiger partial charge >= 0.3 is 0 Å². The van der Waals surface area contributed by atoms with Crippen molar-refractivity contribution in [3.63, 3.8) is 0 Å². The van der Waals surface area contributed by atoms with E-state index in [0.717, 1.165) is 11.0 Å². The lowest BCUT2D eigenvalue weighted by Crippen LogP contribution is -2.19. The fourth-order valence-electron chi connectivity index (χ4n) is 3.70. The van der Waals surface area contributed by atoms with Crippen LogP contribution in [0, 0.1) is 0 Å². The average Bonchev–Trinajstić information content (AvgIpc) is 3.08. The topological polar surface area (TPSA) is 56.7 Å². The number of hydrogen-bond acceptors (Lipinski definition) is 4. The summed E-state index contributed by atoms with van der Waals surface area (Å²) in [6, 6.07) is 21.0. The van der Waals surface area contributed by atoms with Gasteiger partial charge in [-0.05, 0) is 24.0 Å². The summed E-state index contributed by atoms with van der Waals surface area (Å²) in [6.45, 7) is 0. The van der Waals surface area contributed by atoms with Crippen molar-refractivity contribution >= 4 is 11.8 Å². The van der Waals surface area contributed by atoms with E-state index in [0.29, 0.717) is 5.92 Å². The molecule has 1 saturated carbocycles. The molecule has 134 valence electrons. The molecule has 0 saturated heterocycles. The Morgan fingerprint density at radius 3 is 2.00 bits per heavy atom. The fraction of sp³-hybridized carbons (Fsp3) is 0.333. The predicted molar refractivity (Wildman–Crippen MR) is 107 cm³/mol. The van der Waals surface area contributed by atoms with Crippen LogP contribution in [0.4, 0.5) is 0 Å². The molecule has 0 aliphatic heterocycles. The third-order valence-corrected chi connectivity index (χ3v) is 6.36. The zero-order valence-corrected chi connectivity index (χ0v) is 15.6. The number of nitrogens with two attached hydrogens (primary N) is 1. The van der Waals surface area contributed by atoms with Gasteiger partial charge in [-0.1, -0.05) is 91.7 Å². The molecule has 5 heteroatoms. The number of hydrogen-bond donors (Lipinski definition) is 1. The lowest BCUT2D eigenvalue weighted by atomic mass is 9.89. The van der Waals surface area contributed by atoms with Gasteiger partial charge in [0.25, 0.3) is 0 Å². The van der Waals surface area contributed by atoms with Crippen molar-refractivity contribution in [3.8, 4) is 0 Å². The van der Waals surface area contributed by atoms with Gasteiger partial charge in [-0.25, -0.2) is 4.68 Å². The Balaban J connectivity index is 1.63. The minimum absolute atomic E-state index is 0.142. The maximum atomic E-state index is 6.41. The van der Waals surface area contributed by atoms with Crippen molar-refractivity contribution in [2.75, 3.05) is 5.84 Å². The molecule has 0 radical (unpaired) electrons. The third-order valence-electron chi connectivity index (χ3n) is 5.09. The Hall–Kier alpha value is -2.27. The summed E-state index contributed by atoms with van der Waals surface area (Å²) in [7, 11) is 0. The lowest BCUT2D eigenvalue weighted by molar-refractivity contribution is 0.421. The Kier molecular flexibility index (Phi) is 5.25. The minimum Gasteiger partial charge on any atom is -0.336 e. The van der Waals surface area contributed by atoms with E-state index >= 15 is 0 Å². The largest absolute Gasteiger partial charge is 0.336 e. The molecular weight excluding hydrogens is 340 g/mol. The van der Waals surface area contributed by atoms with Crippen molar-refractivity contribution in [2.24, 2.45) is 0 Å². The third kappa shape index (κ3) is 3.63. The second kappa shape index (κ2) is 7.96. The van der Waals surface area contributed by atoms with Crippen LogP contribution in [0.2, 0.25) is 0 Å². The molecule has 0 spiro atoms. The van der Waals surface area contributed by atoms with Gasteiger partial charge in [0.1, 0.15) is 0 Å². The van der Waals surface area contributed by atoms with Crippen molar-refractivity contribution in [2.45, 2.75) is 48.4 Å². The number of benzene rings is 2. The first kappa shape index (κ1) is 17.2. The van der Waals surface area contributed by atoms with Gasteiger partial charge < -0.3 is 5.84 Å². The number of aromatic nitrogens is 3. The summed E-state index contributed by atoms with van der Waals surface area (Å²) in [6.07, 6.45) is 6.18. The molecule has 0 amide bonds. The van der Waals surface area contributed by atoms with Crippen LogP contribution in [0.5, 0.6) is 0 Å². The minimum atomic E-state index is 0.142. The monoisotopic (exact) mass is 364 g/mol. The highest BCUT2D eigenvalue weighted by molar-refractivity contribution is 7.99. The van der Waals surface area contributed by atoms with E-state index in [1.54, 1.807) is 16.4 Å². The molecule has 0 unspecified atom stereocenters. The molecule has 1 aliphatic carbocycles. The first-order chi connectivity index (χ1) is 12.8. The van der Waals surface area contributed by atoms with Crippen LogP contribution in [0.25, 0.3) is 0 Å². The van der Waals surface area contributed by atoms with E-state index < -0.39 is 0 Å². The molecule has 2 N–H and O–H groups in total. The fourth-order valence-corrected chi connectivity index (χ4v) is 4.79. The van der Waals surface area contributed by atoms with Crippen LogP contribution in [-0.4, -0.2) is 14.9 Å². The zero-order chi connectivity index (χ0) is 17.8. The molecular formula is C21H24N4S. The van der Waals surface area contributed by atoms with E-state index in [2.05, 4.69) is 58.7 Å². The van der Waals surface area contributed by atoms with E-state index in [-0.39, 0.29) is 5.25 Å². The Bertz CT molecular complexity index is 786. The number of nitrogen functional groups attached to an aromatic ring is 1. The molecule has 1 aromatic heterocycles. The van der Waals surface area contributed by atoms with E-state index in [1.165, 1.54) is 43.2 Å². The predicted octanol–water partition coefficient (Wildman–Crippen LogP) is 4.92. The standard InChI is InChI=1S/C21H24N4S/c22-25-20(18-14-8-3-9-15-18)23-24-21(25)26-19(16-10-4-1-5-11-16)17-12-6-2-7-13-17/h1-2,4-7,10-13,18-19H,3,8-9,14-15,22H2.